The molecule has 0 saturated carbocycles. The van der Waals surface area contributed by atoms with Crippen molar-refractivity contribution in [1.82, 2.24) is 0 Å². The SMILES string of the molecule is CCP(=O)(O)OOCc1ccccc1. The summed E-state index contributed by atoms with van der Waals surface area (Å²) in [5, 5.41) is 0. The summed E-state index contributed by atoms with van der Waals surface area (Å²) in [6, 6.07) is 9.29. The Morgan fingerprint density at radius 1 is 1.36 bits per heavy atom. The van der Waals surface area contributed by atoms with Crippen LogP contribution < -0.4 is 0 Å². The summed E-state index contributed by atoms with van der Waals surface area (Å²) in [5.41, 5.74) is 0.892. The summed E-state index contributed by atoms with van der Waals surface area (Å²) in [7, 11) is -3.53. The fraction of sp³-hybridized carbons (Fsp3) is 0.333. The number of rotatable bonds is 5. The predicted molar refractivity (Wildman–Crippen MR) is 52.7 cm³/mol. The normalized spacial score (nSPS) is 15.0. The molecule has 0 spiro atoms. The summed E-state index contributed by atoms with van der Waals surface area (Å²) in [6.45, 7) is 1.73. The van der Waals surface area contributed by atoms with Gasteiger partial charge in [0.25, 0.3) is 0 Å². The first kappa shape index (κ1) is 11.4. The quantitative estimate of drug-likeness (QED) is 0.466. The summed E-state index contributed by atoms with van der Waals surface area (Å²) in [6.07, 6.45) is 0.0434. The Labute approximate surface area is 82.9 Å². The van der Waals surface area contributed by atoms with Crippen molar-refractivity contribution in [3.63, 3.8) is 0 Å². The summed E-state index contributed by atoms with van der Waals surface area (Å²) in [5.74, 6) is 0. The van der Waals surface area contributed by atoms with Gasteiger partial charge in [0.2, 0.25) is 0 Å². The molecule has 0 aromatic heterocycles. The molecule has 4 nitrogen and oxygen atoms in total. The van der Waals surface area contributed by atoms with Gasteiger partial charge in [-0.1, -0.05) is 37.3 Å². The predicted octanol–water partition coefficient (Wildman–Crippen LogP) is 2.34. The first-order valence-electron chi connectivity index (χ1n) is 4.31. The lowest BCUT2D eigenvalue weighted by atomic mass is 10.2. The third kappa shape index (κ3) is 4.03. The zero-order valence-electron chi connectivity index (χ0n) is 7.92. The molecule has 0 bridgehead atoms. The topological polar surface area (TPSA) is 55.8 Å². The van der Waals surface area contributed by atoms with Gasteiger partial charge in [0.15, 0.2) is 0 Å². The van der Waals surface area contributed by atoms with Crippen LogP contribution in [-0.4, -0.2) is 11.1 Å². The number of benzene rings is 1. The van der Waals surface area contributed by atoms with Crippen LogP contribution in [0.4, 0.5) is 0 Å². The van der Waals surface area contributed by atoms with E-state index in [1.165, 1.54) is 0 Å². The molecule has 0 aliphatic heterocycles. The van der Waals surface area contributed by atoms with Gasteiger partial charge < -0.3 is 4.89 Å². The van der Waals surface area contributed by atoms with E-state index in [0.717, 1.165) is 5.56 Å². The van der Waals surface area contributed by atoms with Gasteiger partial charge in [-0.3, -0.25) is 4.57 Å². The zero-order chi connectivity index (χ0) is 10.4. The minimum atomic E-state index is -3.53. The highest BCUT2D eigenvalue weighted by atomic mass is 31.2. The molecule has 1 rings (SSSR count). The Kier molecular flexibility index (Phi) is 4.29. The van der Waals surface area contributed by atoms with Crippen molar-refractivity contribution >= 4 is 7.60 Å². The van der Waals surface area contributed by atoms with Gasteiger partial charge in [-0.2, -0.15) is 0 Å². The monoisotopic (exact) mass is 216 g/mol. The smallest absolute Gasteiger partial charge is 0.323 e. The number of hydrogen-bond acceptors (Lipinski definition) is 3. The van der Waals surface area contributed by atoms with Crippen LogP contribution in [0, 0.1) is 0 Å². The first-order chi connectivity index (χ1) is 6.64. The van der Waals surface area contributed by atoms with Gasteiger partial charge >= 0.3 is 7.60 Å². The van der Waals surface area contributed by atoms with Crippen LogP contribution >= 0.6 is 7.60 Å². The zero-order valence-corrected chi connectivity index (χ0v) is 8.81. The van der Waals surface area contributed by atoms with Gasteiger partial charge in [0, 0.05) is 6.16 Å². The van der Waals surface area contributed by atoms with Gasteiger partial charge in [-0.25, -0.2) is 4.89 Å². The van der Waals surface area contributed by atoms with E-state index in [1.807, 2.05) is 30.3 Å². The third-order valence-corrected chi connectivity index (χ3v) is 2.77. The van der Waals surface area contributed by atoms with E-state index in [1.54, 1.807) is 6.92 Å². The fourth-order valence-corrected chi connectivity index (χ4v) is 1.13. The van der Waals surface area contributed by atoms with E-state index in [4.69, 9.17) is 4.89 Å². The molecule has 0 fully saturated rings. The molecule has 1 atom stereocenters. The van der Waals surface area contributed by atoms with E-state index < -0.39 is 7.60 Å². The molecular weight excluding hydrogens is 203 g/mol. The van der Waals surface area contributed by atoms with Crippen LogP contribution in [-0.2, 0) is 20.7 Å². The fourth-order valence-electron chi connectivity index (χ4n) is 0.804. The van der Waals surface area contributed by atoms with Gasteiger partial charge in [0.1, 0.15) is 6.61 Å². The van der Waals surface area contributed by atoms with Crippen molar-refractivity contribution in [2.75, 3.05) is 6.16 Å². The van der Waals surface area contributed by atoms with Crippen molar-refractivity contribution in [3.05, 3.63) is 35.9 Å². The lowest BCUT2D eigenvalue weighted by molar-refractivity contribution is -0.223. The second-order valence-electron chi connectivity index (χ2n) is 2.78. The summed E-state index contributed by atoms with van der Waals surface area (Å²) in [4.78, 5) is 13.7. The van der Waals surface area contributed by atoms with E-state index >= 15 is 0 Å². The van der Waals surface area contributed by atoms with E-state index in [0.29, 0.717) is 0 Å². The van der Waals surface area contributed by atoms with E-state index in [-0.39, 0.29) is 12.8 Å². The minimum Gasteiger partial charge on any atom is -0.323 e. The second kappa shape index (κ2) is 5.27. The third-order valence-electron chi connectivity index (χ3n) is 1.64. The van der Waals surface area contributed by atoms with Crippen LogP contribution in [0.1, 0.15) is 12.5 Å². The molecule has 1 N–H and O–H groups in total. The molecule has 0 heterocycles. The lowest BCUT2D eigenvalue weighted by Crippen LogP contribution is -1.95. The van der Waals surface area contributed by atoms with Crippen LogP contribution in [0.25, 0.3) is 0 Å². The van der Waals surface area contributed by atoms with E-state index in [9.17, 15) is 4.57 Å². The Bertz CT molecular complexity index is 312. The standard InChI is InChI=1S/C9H13O4P/c1-2-14(10,11)13-12-8-9-6-4-3-5-7-9/h3-7H,2,8H2,1H3,(H,10,11). The minimum absolute atomic E-state index is 0.0434. The maximum Gasteiger partial charge on any atom is 0.355 e. The first-order valence-corrected chi connectivity index (χ1v) is 6.07. The molecule has 1 aromatic rings. The highest BCUT2D eigenvalue weighted by Gasteiger charge is 2.16. The summed E-state index contributed by atoms with van der Waals surface area (Å²) < 4.78 is 15.4. The van der Waals surface area contributed by atoms with Crippen molar-refractivity contribution < 1.29 is 19.0 Å². The van der Waals surface area contributed by atoms with Crippen molar-refractivity contribution in [2.45, 2.75) is 13.5 Å². The van der Waals surface area contributed by atoms with Crippen molar-refractivity contribution in [1.29, 1.82) is 0 Å². The van der Waals surface area contributed by atoms with Gasteiger partial charge in [-0.05, 0) is 5.56 Å². The molecule has 0 amide bonds. The Hall–Kier alpha value is -0.670. The molecule has 1 unspecified atom stereocenters. The molecule has 1 aromatic carbocycles. The van der Waals surface area contributed by atoms with Gasteiger partial charge in [0.05, 0.1) is 0 Å². The van der Waals surface area contributed by atoms with E-state index in [2.05, 4.69) is 9.56 Å². The average molecular weight is 216 g/mol. The molecule has 78 valence electrons. The molecular formula is C9H13O4P. The average Bonchev–Trinajstić information content (AvgIpc) is 2.19. The molecule has 5 heteroatoms. The van der Waals surface area contributed by atoms with Crippen LogP contribution in [0.2, 0.25) is 0 Å². The molecule has 0 aliphatic carbocycles. The highest BCUT2D eigenvalue weighted by Crippen LogP contribution is 2.41. The molecule has 0 aliphatic rings. The van der Waals surface area contributed by atoms with Crippen LogP contribution in [0.5, 0.6) is 0 Å². The Morgan fingerprint density at radius 2 is 2.00 bits per heavy atom. The molecule has 0 radical (unpaired) electrons. The van der Waals surface area contributed by atoms with Crippen molar-refractivity contribution in [2.24, 2.45) is 0 Å². The Balaban J connectivity index is 2.33. The summed E-state index contributed by atoms with van der Waals surface area (Å²) >= 11 is 0. The molecule has 14 heavy (non-hydrogen) atoms. The maximum atomic E-state index is 11.0. The largest absolute Gasteiger partial charge is 0.355 e. The van der Waals surface area contributed by atoms with Gasteiger partial charge in [-0.15, -0.1) is 4.67 Å². The van der Waals surface area contributed by atoms with Crippen molar-refractivity contribution in [3.8, 4) is 0 Å². The highest BCUT2D eigenvalue weighted by molar-refractivity contribution is 7.52. The Morgan fingerprint density at radius 3 is 2.57 bits per heavy atom. The maximum absolute atomic E-state index is 11.0. The second-order valence-corrected chi connectivity index (χ2v) is 4.83. The van der Waals surface area contributed by atoms with Crippen LogP contribution in [0.15, 0.2) is 30.3 Å². The van der Waals surface area contributed by atoms with Crippen LogP contribution in [0.3, 0.4) is 0 Å². The molecule has 0 saturated heterocycles. The number of hydrogen-bond donors (Lipinski definition) is 1. The lowest BCUT2D eigenvalue weighted by Gasteiger charge is -2.08.